The number of hydrogen-bond donors (Lipinski definition) is 2. The molecule has 0 aliphatic carbocycles. The third-order valence-corrected chi connectivity index (χ3v) is 3.11. The Labute approximate surface area is 104 Å². The van der Waals surface area contributed by atoms with Crippen LogP contribution in [0.5, 0.6) is 0 Å². The molecule has 96 valence electrons. The lowest BCUT2D eigenvalue weighted by atomic mass is 10.1. The van der Waals surface area contributed by atoms with Crippen LogP contribution < -0.4 is 10.6 Å². The monoisotopic (exact) mass is 249 g/mol. The van der Waals surface area contributed by atoms with Crippen molar-refractivity contribution in [2.75, 3.05) is 11.4 Å². The highest BCUT2D eigenvalue weighted by atomic mass is 16.4. The summed E-state index contributed by atoms with van der Waals surface area (Å²) in [6.07, 6.45) is 3.32. The van der Waals surface area contributed by atoms with E-state index in [2.05, 4.69) is 4.98 Å². The van der Waals surface area contributed by atoms with Crippen molar-refractivity contribution in [2.45, 2.75) is 25.3 Å². The number of aromatic nitrogens is 1. The van der Waals surface area contributed by atoms with Gasteiger partial charge < -0.3 is 15.7 Å². The number of pyridine rings is 1. The third kappa shape index (κ3) is 2.42. The molecule has 1 aliphatic rings. The molecule has 1 unspecified atom stereocenters. The van der Waals surface area contributed by atoms with Crippen molar-refractivity contribution in [3.8, 4) is 0 Å². The van der Waals surface area contributed by atoms with Gasteiger partial charge in [-0.3, -0.25) is 9.59 Å². The largest absolute Gasteiger partial charge is 0.481 e. The number of hydrogen-bond acceptors (Lipinski definition) is 4. The highest BCUT2D eigenvalue weighted by Gasteiger charge is 2.29. The van der Waals surface area contributed by atoms with Gasteiger partial charge in [0.2, 0.25) is 0 Å². The van der Waals surface area contributed by atoms with E-state index < -0.39 is 11.9 Å². The molecule has 0 radical (unpaired) electrons. The fraction of sp³-hybridized carbons (Fsp3) is 0.417. The van der Waals surface area contributed by atoms with Gasteiger partial charge in [0.25, 0.3) is 5.91 Å². The van der Waals surface area contributed by atoms with Gasteiger partial charge in [0.1, 0.15) is 5.82 Å². The lowest BCUT2D eigenvalue weighted by molar-refractivity contribution is -0.137. The molecule has 0 spiro atoms. The first kappa shape index (κ1) is 12.3. The fourth-order valence-corrected chi connectivity index (χ4v) is 2.35. The van der Waals surface area contributed by atoms with Crippen LogP contribution in [0.1, 0.15) is 29.6 Å². The summed E-state index contributed by atoms with van der Waals surface area (Å²) in [5.41, 5.74) is 5.65. The Hall–Kier alpha value is -2.11. The molecule has 1 fully saturated rings. The molecule has 1 aliphatic heterocycles. The number of anilines is 1. The van der Waals surface area contributed by atoms with Crippen LogP contribution in [0.4, 0.5) is 5.82 Å². The number of primary amides is 1. The quantitative estimate of drug-likeness (QED) is 0.815. The SMILES string of the molecule is NC(=O)c1cccnc1N1CCCC1CC(=O)O. The summed E-state index contributed by atoms with van der Waals surface area (Å²) < 4.78 is 0. The normalized spacial score (nSPS) is 18.9. The number of aliphatic carboxylic acids is 1. The lowest BCUT2D eigenvalue weighted by Gasteiger charge is -2.25. The van der Waals surface area contributed by atoms with Gasteiger partial charge in [0.15, 0.2) is 0 Å². The summed E-state index contributed by atoms with van der Waals surface area (Å²) in [5.74, 6) is -0.892. The standard InChI is InChI=1S/C12H15N3O3/c13-11(18)9-4-1-5-14-12(9)15-6-2-3-8(15)7-10(16)17/h1,4-5,8H,2-3,6-7H2,(H2,13,18)(H,16,17). The molecule has 2 rings (SSSR count). The molecule has 0 bridgehead atoms. The van der Waals surface area contributed by atoms with Gasteiger partial charge in [-0.05, 0) is 25.0 Å². The Morgan fingerprint density at radius 2 is 2.33 bits per heavy atom. The van der Waals surface area contributed by atoms with Crippen LogP contribution in [0.3, 0.4) is 0 Å². The van der Waals surface area contributed by atoms with E-state index in [1.54, 1.807) is 18.3 Å². The van der Waals surface area contributed by atoms with E-state index in [0.29, 0.717) is 17.9 Å². The molecule has 1 aromatic heterocycles. The molecule has 3 N–H and O–H groups in total. The average molecular weight is 249 g/mol. The van der Waals surface area contributed by atoms with Crippen molar-refractivity contribution in [2.24, 2.45) is 5.73 Å². The number of carboxylic acid groups (broad SMARTS) is 1. The van der Waals surface area contributed by atoms with Crippen molar-refractivity contribution in [1.82, 2.24) is 4.98 Å². The van der Waals surface area contributed by atoms with Gasteiger partial charge in [0, 0.05) is 18.8 Å². The minimum Gasteiger partial charge on any atom is -0.481 e. The molecular weight excluding hydrogens is 234 g/mol. The molecule has 0 saturated carbocycles. The number of amides is 1. The van der Waals surface area contributed by atoms with E-state index in [-0.39, 0.29) is 12.5 Å². The highest BCUT2D eigenvalue weighted by molar-refractivity contribution is 5.97. The Balaban J connectivity index is 2.30. The van der Waals surface area contributed by atoms with Crippen LogP contribution in [0.15, 0.2) is 18.3 Å². The van der Waals surface area contributed by atoms with Crippen molar-refractivity contribution in [1.29, 1.82) is 0 Å². The Morgan fingerprint density at radius 3 is 3.00 bits per heavy atom. The summed E-state index contributed by atoms with van der Waals surface area (Å²) in [6, 6.07) is 3.14. The van der Waals surface area contributed by atoms with Crippen molar-refractivity contribution in [3.63, 3.8) is 0 Å². The summed E-state index contributed by atoms with van der Waals surface area (Å²) in [5, 5.41) is 8.88. The Morgan fingerprint density at radius 1 is 1.56 bits per heavy atom. The van der Waals surface area contributed by atoms with Crippen LogP contribution in [0.2, 0.25) is 0 Å². The van der Waals surface area contributed by atoms with Crippen molar-refractivity contribution >= 4 is 17.7 Å². The number of rotatable bonds is 4. The van der Waals surface area contributed by atoms with Crippen LogP contribution in [-0.4, -0.2) is 34.6 Å². The second-order valence-electron chi connectivity index (χ2n) is 4.33. The number of nitrogens with zero attached hydrogens (tertiary/aromatic N) is 2. The Kier molecular flexibility index (Phi) is 3.45. The van der Waals surface area contributed by atoms with Crippen LogP contribution >= 0.6 is 0 Å². The summed E-state index contributed by atoms with van der Waals surface area (Å²) in [6.45, 7) is 0.704. The predicted octanol–water partition coefficient (Wildman–Crippen LogP) is 0.624. The molecule has 1 amide bonds. The van der Waals surface area contributed by atoms with Crippen molar-refractivity contribution in [3.05, 3.63) is 23.9 Å². The first-order valence-corrected chi connectivity index (χ1v) is 5.83. The van der Waals surface area contributed by atoms with E-state index in [9.17, 15) is 9.59 Å². The zero-order valence-electron chi connectivity index (χ0n) is 9.87. The zero-order valence-corrected chi connectivity index (χ0v) is 9.87. The van der Waals surface area contributed by atoms with E-state index in [1.807, 2.05) is 4.90 Å². The minimum atomic E-state index is -0.844. The molecule has 1 aromatic rings. The van der Waals surface area contributed by atoms with E-state index in [1.165, 1.54) is 0 Å². The number of carboxylic acids is 1. The summed E-state index contributed by atoms with van der Waals surface area (Å²) >= 11 is 0. The Bertz CT molecular complexity index is 475. The lowest BCUT2D eigenvalue weighted by Crippen LogP contribution is -2.33. The zero-order chi connectivity index (χ0) is 13.1. The van der Waals surface area contributed by atoms with Gasteiger partial charge in [-0.2, -0.15) is 0 Å². The van der Waals surface area contributed by atoms with Crippen LogP contribution in [0.25, 0.3) is 0 Å². The van der Waals surface area contributed by atoms with Gasteiger partial charge in [0.05, 0.1) is 12.0 Å². The molecular formula is C12H15N3O3. The van der Waals surface area contributed by atoms with E-state index >= 15 is 0 Å². The number of carbonyl (C=O) groups excluding carboxylic acids is 1. The first-order valence-electron chi connectivity index (χ1n) is 5.83. The van der Waals surface area contributed by atoms with Gasteiger partial charge in [-0.1, -0.05) is 0 Å². The first-order chi connectivity index (χ1) is 8.59. The summed E-state index contributed by atoms with van der Waals surface area (Å²) in [7, 11) is 0. The number of carbonyl (C=O) groups is 2. The minimum absolute atomic E-state index is 0.0504. The smallest absolute Gasteiger partial charge is 0.305 e. The molecule has 6 heteroatoms. The molecule has 18 heavy (non-hydrogen) atoms. The van der Waals surface area contributed by atoms with Gasteiger partial charge in [-0.15, -0.1) is 0 Å². The highest BCUT2D eigenvalue weighted by Crippen LogP contribution is 2.28. The van der Waals surface area contributed by atoms with Crippen LogP contribution in [0, 0.1) is 0 Å². The maximum Gasteiger partial charge on any atom is 0.305 e. The van der Waals surface area contributed by atoms with Gasteiger partial charge >= 0.3 is 5.97 Å². The molecule has 1 atom stereocenters. The fourth-order valence-electron chi connectivity index (χ4n) is 2.35. The average Bonchev–Trinajstić information content (AvgIpc) is 2.76. The molecule has 1 saturated heterocycles. The maximum atomic E-state index is 11.3. The molecule has 6 nitrogen and oxygen atoms in total. The van der Waals surface area contributed by atoms with Gasteiger partial charge in [-0.25, -0.2) is 4.98 Å². The predicted molar refractivity (Wildman–Crippen MR) is 65.4 cm³/mol. The van der Waals surface area contributed by atoms with E-state index in [0.717, 1.165) is 12.8 Å². The number of nitrogens with two attached hydrogens (primary N) is 1. The van der Waals surface area contributed by atoms with Crippen molar-refractivity contribution < 1.29 is 14.7 Å². The second kappa shape index (κ2) is 5.03. The maximum absolute atomic E-state index is 11.3. The third-order valence-electron chi connectivity index (χ3n) is 3.11. The van der Waals surface area contributed by atoms with E-state index in [4.69, 9.17) is 10.8 Å². The van der Waals surface area contributed by atoms with Crippen LogP contribution in [-0.2, 0) is 4.79 Å². The topological polar surface area (TPSA) is 96.5 Å². The molecule has 0 aromatic carbocycles. The molecule has 2 heterocycles. The summed E-state index contributed by atoms with van der Waals surface area (Å²) in [4.78, 5) is 28.2. The second-order valence-corrected chi connectivity index (χ2v) is 4.33.